The molecule has 2 N–H and O–H groups in total. The quantitative estimate of drug-likeness (QED) is 0.857. The summed E-state index contributed by atoms with van der Waals surface area (Å²) >= 11 is 5.90. The molecular weight excluding hydrogens is 304 g/mol. The van der Waals surface area contributed by atoms with Gasteiger partial charge in [-0.2, -0.15) is 0 Å². The van der Waals surface area contributed by atoms with Gasteiger partial charge in [0.2, 0.25) is 15.9 Å². The second-order valence-corrected chi connectivity index (χ2v) is 6.50. The number of hydrogen-bond acceptors (Lipinski definition) is 4. The third-order valence-corrected chi connectivity index (χ3v) is 4.13. The maximum absolute atomic E-state index is 12.0. The van der Waals surface area contributed by atoms with Crippen LogP contribution in [0.4, 0.5) is 5.69 Å². The number of carbonyl (C=O) groups is 1. The average molecular weight is 321 g/mol. The zero-order valence-electron chi connectivity index (χ0n) is 11.5. The predicted octanol–water partition coefficient (Wildman–Crippen LogP) is 1.38. The zero-order valence-corrected chi connectivity index (χ0v) is 13.0. The number of benzene rings is 1. The maximum atomic E-state index is 12.0. The van der Waals surface area contributed by atoms with Gasteiger partial charge in [-0.05, 0) is 24.6 Å². The molecule has 0 radical (unpaired) electrons. The second kappa shape index (κ2) is 6.32. The Balaban J connectivity index is 3.54. The highest BCUT2D eigenvalue weighted by Crippen LogP contribution is 2.34. The van der Waals surface area contributed by atoms with Crippen LogP contribution in [0.3, 0.4) is 0 Å². The van der Waals surface area contributed by atoms with Crippen molar-refractivity contribution in [2.75, 3.05) is 17.7 Å². The summed E-state index contributed by atoms with van der Waals surface area (Å²) in [5.74, 6) is -0.445. The van der Waals surface area contributed by atoms with E-state index in [2.05, 4.69) is 0 Å². The monoisotopic (exact) mass is 320 g/mol. The molecule has 0 aliphatic carbocycles. The first-order valence-corrected chi connectivity index (χ1v) is 8.07. The van der Waals surface area contributed by atoms with Gasteiger partial charge >= 0.3 is 0 Å². The largest absolute Gasteiger partial charge is 0.495 e. The predicted molar refractivity (Wildman–Crippen MR) is 78.6 cm³/mol. The Labute approximate surface area is 123 Å². The van der Waals surface area contributed by atoms with E-state index in [4.69, 9.17) is 22.1 Å². The van der Waals surface area contributed by atoms with Crippen molar-refractivity contribution in [3.63, 3.8) is 0 Å². The summed E-state index contributed by atoms with van der Waals surface area (Å²) < 4.78 is 30.1. The number of primary amides is 1. The van der Waals surface area contributed by atoms with E-state index in [1.54, 1.807) is 13.0 Å². The van der Waals surface area contributed by atoms with Crippen molar-refractivity contribution in [3.05, 3.63) is 23.2 Å². The number of nitrogens with zero attached hydrogens (tertiary/aromatic N) is 1. The number of amides is 1. The molecule has 0 bridgehead atoms. The molecule has 1 aromatic rings. The first-order valence-electron chi connectivity index (χ1n) is 5.84. The Morgan fingerprint density at radius 1 is 1.50 bits per heavy atom. The Hall–Kier alpha value is -1.47. The molecule has 0 saturated heterocycles. The van der Waals surface area contributed by atoms with Gasteiger partial charge in [0, 0.05) is 5.02 Å². The summed E-state index contributed by atoms with van der Waals surface area (Å²) in [7, 11) is -2.33. The number of methoxy groups -OCH3 is 1. The van der Waals surface area contributed by atoms with Crippen molar-refractivity contribution in [1.29, 1.82) is 0 Å². The number of halogens is 1. The molecule has 1 aromatic carbocycles. The van der Waals surface area contributed by atoms with E-state index >= 15 is 0 Å². The van der Waals surface area contributed by atoms with E-state index in [0.29, 0.717) is 10.8 Å². The molecule has 1 amide bonds. The first kappa shape index (κ1) is 16.6. The number of hydrogen-bond donors (Lipinski definition) is 1. The van der Waals surface area contributed by atoms with E-state index in [1.165, 1.54) is 19.2 Å². The number of ether oxygens (including phenoxy) is 1. The van der Waals surface area contributed by atoms with Gasteiger partial charge in [0.25, 0.3) is 0 Å². The van der Waals surface area contributed by atoms with Crippen molar-refractivity contribution < 1.29 is 17.9 Å². The highest BCUT2D eigenvalue weighted by Gasteiger charge is 2.32. The van der Waals surface area contributed by atoms with Crippen LogP contribution in [0, 0.1) is 0 Å². The zero-order chi connectivity index (χ0) is 15.5. The molecule has 0 fully saturated rings. The summed E-state index contributed by atoms with van der Waals surface area (Å²) in [5.41, 5.74) is 5.48. The van der Waals surface area contributed by atoms with Gasteiger partial charge in [-0.15, -0.1) is 0 Å². The van der Waals surface area contributed by atoms with E-state index in [9.17, 15) is 13.2 Å². The van der Waals surface area contributed by atoms with E-state index < -0.39 is 22.0 Å². The molecular formula is C12H17ClN2O4S. The Kier molecular flexibility index (Phi) is 5.24. The number of anilines is 1. The van der Waals surface area contributed by atoms with Crippen LogP contribution < -0.4 is 14.8 Å². The lowest BCUT2D eigenvalue weighted by molar-refractivity contribution is -0.119. The lowest BCUT2D eigenvalue weighted by Crippen LogP contribution is -2.47. The normalized spacial score (nSPS) is 12.8. The standard InChI is InChI=1S/C12H17ClN2O4S/c1-4-9(12(14)16)15(20(3,17)18)10-7-8(13)5-6-11(10)19-2/h5-7,9H,4H2,1-3H3,(H2,14,16)/t9-/m0/s1. The molecule has 0 aromatic heterocycles. The minimum absolute atomic E-state index is 0.188. The fourth-order valence-electron chi connectivity index (χ4n) is 1.90. The molecule has 20 heavy (non-hydrogen) atoms. The van der Waals surface area contributed by atoms with Crippen LogP contribution in [0.25, 0.3) is 0 Å². The number of carbonyl (C=O) groups excluding carboxylic acids is 1. The summed E-state index contributed by atoms with van der Waals surface area (Å²) in [4.78, 5) is 11.5. The number of rotatable bonds is 6. The molecule has 0 unspecified atom stereocenters. The number of nitrogens with two attached hydrogens (primary N) is 1. The van der Waals surface area contributed by atoms with Crippen LogP contribution in [-0.4, -0.2) is 33.7 Å². The van der Waals surface area contributed by atoms with E-state index in [-0.39, 0.29) is 12.1 Å². The second-order valence-electron chi connectivity index (χ2n) is 4.20. The molecule has 0 heterocycles. The fraction of sp³-hybridized carbons (Fsp3) is 0.417. The molecule has 8 heteroatoms. The molecule has 0 spiro atoms. The SMILES string of the molecule is CC[C@@H](C(N)=O)N(c1cc(Cl)ccc1OC)S(C)(=O)=O. The van der Waals surface area contributed by atoms with E-state index in [0.717, 1.165) is 10.6 Å². The van der Waals surface area contributed by atoms with Crippen molar-refractivity contribution in [2.45, 2.75) is 19.4 Å². The topological polar surface area (TPSA) is 89.7 Å². The van der Waals surface area contributed by atoms with Crippen LogP contribution in [0.2, 0.25) is 5.02 Å². The lowest BCUT2D eigenvalue weighted by atomic mass is 10.2. The maximum Gasteiger partial charge on any atom is 0.241 e. The average Bonchev–Trinajstić information content (AvgIpc) is 2.33. The van der Waals surface area contributed by atoms with Gasteiger partial charge in [-0.3, -0.25) is 9.10 Å². The molecule has 6 nitrogen and oxygen atoms in total. The van der Waals surface area contributed by atoms with Crippen LogP contribution in [0.5, 0.6) is 5.75 Å². The van der Waals surface area contributed by atoms with Gasteiger partial charge in [0.1, 0.15) is 11.8 Å². The van der Waals surface area contributed by atoms with Crippen LogP contribution in [0.15, 0.2) is 18.2 Å². The van der Waals surface area contributed by atoms with Crippen molar-refractivity contribution in [2.24, 2.45) is 5.73 Å². The minimum atomic E-state index is -3.73. The highest BCUT2D eigenvalue weighted by molar-refractivity contribution is 7.92. The van der Waals surface area contributed by atoms with Gasteiger partial charge < -0.3 is 10.5 Å². The first-order chi connectivity index (χ1) is 9.22. The van der Waals surface area contributed by atoms with Crippen molar-refractivity contribution >= 4 is 33.2 Å². The molecule has 0 saturated carbocycles. The third kappa shape index (κ3) is 3.55. The summed E-state index contributed by atoms with van der Waals surface area (Å²) in [6.45, 7) is 1.67. The van der Waals surface area contributed by atoms with Gasteiger partial charge in [0.15, 0.2) is 0 Å². The summed E-state index contributed by atoms with van der Waals surface area (Å²) in [6, 6.07) is 3.52. The minimum Gasteiger partial charge on any atom is -0.495 e. The van der Waals surface area contributed by atoms with Crippen LogP contribution in [0.1, 0.15) is 13.3 Å². The highest BCUT2D eigenvalue weighted by atomic mass is 35.5. The fourth-order valence-corrected chi connectivity index (χ4v) is 3.28. The van der Waals surface area contributed by atoms with Gasteiger partial charge in [-0.25, -0.2) is 8.42 Å². The summed E-state index contributed by atoms with van der Waals surface area (Å²) in [5, 5.41) is 0.328. The molecule has 1 rings (SSSR count). The summed E-state index contributed by atoms with van der Waals surface area (Å²) in [6.07, 6.45) is 1.23. The molecule has 0 aliphatic heterocycles. The van der Waals surface area contributed by atoms with Gasteiger partial charge in [-0.1, -0.05) is 18.5 Å². The smallest absolute Gasteiger partial charge is 0.241 e. The van der Waals surface area contributed by atoms with Crippen molar-refractivity contribution in [3.8, 4) is 5.75 Å². The van der Waals surface area contributed by atoms with Crippen molar-refractivity contribution in [1.82, 2.24) is 0 Å². The third-order valence-electron chi connectivity index (χ3n) is 2.73. The molecule has 0 aliphatic rings. The van der Waals surface area contributed by atoms with Crippen LogP contribution in [-0.2, 0) is 14.8 Å². The lowest BCUT2D eigenvalue weighted by Gasteiger charge is -2.30. The Bertz CT molecular complexity index is 603. The Morgan fingerprint density at radius 3 is 2.50 bits per heavy atom. The Morgan fingerprint density at radius 2 is 2.10 bits per heavy atom. The molecule has 112 valence electrons. The molecule has 1 atom stereocenters. The van der Waals surface area contributed by atoms with E-state index in [1.807, 2.05) is 0 Å². The number of sulfonamides is 1. The van der Waals surface area contributed by atoms with Gasteiger partial charge in [0.05, 0.1) is 19.1 Å². The van der Waals surface area contributed by atoms with Crippen LogP contribution >= 0.6 is 11.6 Å².